The van der Waals surface area contributed by atoms with E-state index in [0.29, 0.717) is 5.56 Å². The topological polar surface area (TPSA) is 118 Å². The van der Waals surface area contributed by atoms with Crippen molar-refractivity contribution >= 4 is 23.2 Å². The third-order valence-electron chi connectivity index (χ3n) is 3.78. The van der Waals surface area contributed by atoms with Crippen molar-refractivity contribution in [1.82, 2.24) is 4.90 Å². The van der Waals surface area contributed by atoms with E-state index in [-0.39, 0.29) is 30.0 Å². The lowest BCUT2D eigenvalue weighted by atomic mass is 9.96. The van der Waals surface area contributed by atoms with Crippen molar-refractivity contribution in [1.29, 1.82) is 0 Å². The summed E-state index contributed by atoms with van der Waals surface area (Å²) in [5.74, 6) is -2.11. The summed E-state index contributed by atoms with van der Waals surface area (Å²) in [7, 11) is 0. The Morgan fingerprint density at radius 1 is 1.33 bits per heavy atom. The summed E-state index contributed by atoms with van der Waals surface area (Å²) < 4.78 is 0. The third kappa shape index (κ3) is 3.17. The van der Waals surface area contributed by atoms with Gasteiger partial charge in [-0.2, -0.15) is 0 Å². The second-order valence-electron chi connectivity index (χ2n) is 5.52. The van der Waals surface area contributed by atoms with Gasteiger partial charge < -0.3 is 10.0 Å². The Morgan fingerprint density at radius 2 is 2.00 bits per heavy atom. The van der Waals surface area contributed by atoms with Gasteiger partial charge in [0.25, 0.3) is 11.6 Å². The number of nitro groups is 1. The van der Waals surface area contributed by atoms with Gasteiger partial charge in [-0.3, -0.25) is 24.5 Å². The van der Waals surface area contributed by atoms with Crippen molar-refractivity contribution in [3.05, 3.63) is 51.3 Å². The fourth-order valence-electron chi connectivity index (χ4n) is 2.68. The molecular formula is C16H16N2O6. The second kappa shape index (κ2) is 6.61. The average Bonchev–Trinajstić information content (AvgIpc) is 2.77. The van der Waals surface area contributed by atoms with Gasteiger partial charge in [0.05, 0.1) is 16.5 Å². The van der Waals surface area contributed by atoms with Crippen LogP contribution in [0.2, 0.25) is 0 Å². The lowest BCUT2D eigenvalue weighted by Crippen LogP contribution is -2.32. The van der Waals surface area contributed by atoms with E-state index in [2.05, 4.69) is 0 Å². The molecule has 1 heterocycles. The van der Waals surface area contributed by atoms with E-state index in [0.717, 1.165) is 0 Å². The van der Waals surface area contributed by atoms with Crippen molar-refractivity contribution in [2.45, 2.75) is 26.3 Å². The molecule has 0 bridgehead atoms. The van der Waals surface area contributed by atoms with Crippen LogP contribution in [-0.4, -0.2) is 38.9 Å². The molecule has 1 aromatic carbocycles. The van der Waals surface area contributed by atoms with Crippen LogP contribution in [0.1, 0.15) is 31.9 Å². The highest BCUT2D eigenvalue weighted by Crippen LogP contribution is 2.38. The van der Waals surface area contributed by atoms with Gasteiger partial charge in [-0.1, -0.05) is 12.1 Å². The van der Waals surface area contributed by atoms with Crippen LogP contribution < -0.4 is 0 Å². The molecule has 0 saturated carbocycles. The van der Waals surface area contributed by atoms with E-state index < -0.39 is 28.4 Å². The predicted molar refractivity (Wildman–Crippen MR) is 83.2 cm³/mol. The van der Waals surface area contributed by atoms with E-state index >= 15 is 0 Å². The molecule has 1 N–H and O–H groups in total. The number of amides is 1. The van der Waals surface area contributed by atoms with E-state index in [1.165, 1.54) is 43.0 Å². The summed E-state index contributed by atoms with van der Waals surface area (Å²) >= 11 is 0. The molecule has 1 aliphatic heterocycles. The van der Waals surface area contributed by atoms with Gasteiger partial charge in [-0.25, -0.2) is 0 Å². The van der Waals surface area contributed by atoms with Gasteiger partial charge in [0.2, 0.25) is 0 Å². The fraction of sp³-hybridized carbons (Fsp3) is 0.312. The molecule has 2 rings (SSSR count). The molecule has 1 aliphatic rings. The van der Waals surface area contributed by atoms with Crippen LogP contribution >= 0.6 is 0 Å². The highest BCUT2D eigenvalue weighted by atomic mass is 16.6. The standard InChI is InChI=1S/C16H16N2O6/c1-9(19)6-7-17-14(13(10(2)20)15(21)16(17)22)11-4-3-5-12(8-11)18(23)24/h3-5,8,14,21H,6-7H2,1-2H3/t14-/m1/s1. The zero-order valence-electron chi connectivity index (χ0n) is 13.2. The van der Waals surface area contributed by atoms with E-state index in [9.17, 15) is 29.6 Å². The van der Waals surface area contributed by atoms with Crippen LogP contribution in [0.5, 0.6) is 0 Å². The molecule has 0 radical (unpaired) electrons. The molecule has 0 fully saturated rings. The molecule has 24 heavy (non-hydrogen) atoms. The molecule has 1 atom stereocenters. The quantitative estimate of drug-likeness (QED) is 0.627. The lowest BCUT2D eigenvalue weighted by Gasteiger charge is -2.26. The number of nitrogens with zero attached hydrogens (tertiary/aromatic N) is 2. The summed E-state index contributed by atoms with van der Waals surface area (Å²) in [6, 6.07) is 4.56. The average molecular weight is 332 g/mol. The van der Waals surface area contributed by atoms with Crippen LogP contribution in [0.15, 0.2) is 35.6 Å². The highest BCUT2D eigenvalue weighted by Gasteiger charge is 2.42. The highest BCUT2D eigenvalue weighted by molar-refractivity contribution is 6.08. The van der Waals surface area contributed by atoms with Gasteiger partial charge in [0.1, 0.15) is 5.78 Å². The SMILES string of the molecule is CC(=O)CCN1C(=O)C(O)=C(C(C)=O)[C@H]1c1cccc([N+](=O)[O-])c1. The number of aliphatic hydroxyl groups excluding tert-OH is 1. The normalized spacial score (nSPS) is 17.3. The summed E-state index contributed by atoms with van der Waals surface area (Å²) in [6.07, 6.45) is 0.0512. The third-order valence-corrected chi connectivity index (χ3v) is 3.78. The Bertz CT molecular complexity index is 768. The predicted octanol–water partition coefficient (Wildman–Crippen LogP) is 1.86. The van der Waals surface area contributed by atoms with Crippen molar-refractivity contribution < 1.29 is 24.4 Å². The van der Waals surface area contributed by atoms with Gasteiger partial charge >= 0.3 is 0 Å². The molecule has 8 heteroatoms. The Morgan fingerprint density at radius 3 is 2.54 bits per heavy atom. The van der Waals surface area contributed by atoms with E-state index in [1.54, 1.807) is 0 Å². The lowest BCUT2D eigenvalue weighted by molar-refractivity contribution is -0.384. The number of carbonyl (C=O) groups excluding carboxylic acids is 3. The van der Waals surface area contributed by atoms with Crippen molar-refractivity contribution in [2.75, 3.05) is 6.54 Å². The number of non-ortho nitro benzene ring substituents is 1. The number of aliphatic hydroxyl groups is 1. The van der Waals surface area contributed by atoms with Gasteiger partial charge in [-0.15, -0.1) is 0 Å². The van der Waals surface area contributed by atoms with Gasteiger partial charge in [-0.05, 0) is 19.4 Å². The molecule has 0 spiro atoms. The molecule has 0 aliphatic carbocycles. The maximum absolute atomic E-state index is 12.3. The number of ketones is 2. The molecular weight excluding hydrogens is 316 g/mol. The van der Waals surface area contributed by atoms with E-state index in [4.69, 9.17) is 0 Å². The molecule has 1 aromatic rings. The fourth-order valence-corrected chi connectivity index (χ4v) is 2.68. The zero-order valence-corrected chi connectivity index (χ0v) is 13.2. The molecule has 126 valence electrons. The molecule has 1 amide bonds. The minimum atomic E-state index is -0.950. The maximum Gasteiger partial charge on any atom is 0.290 e. The van der Waals surface area contributed by atoms with Crippen LogP contribution in [0.4, 0.5) is 5.69 Å². The summed E-state index contributed by atoms with van der Waals surface area (Å²) in [5, 5.41) is 21.0. The number of nitro benzene ring substituents is 1. The zero-order chi connectivity index (χ0) is 18.0. The first-order valence-corrected chi connectivity index (χ1v) is 7.23. The molecule has 8 nitrogen and oxygen atoms in total. The minimum Gasteiger partial charge on any atom is -0.503 e. The number of rotatable bonds is 6. The maximum atomic E-state index is 12.3. The van der Waals surface area contributed by atoms with E-state index in [1.807, 2.05) is 0 Å². The number of benzene rings is 1. The van der Waals surface area contributed by atoms with Crippen LogP contribution in [0, 0.1) is 10.1 Å². The first kappa shape index (κ1) is 17.3. The minimum absolute atomic E-state index is 0.00235. The Hall–Kier alpha value is -3.03. The van der Waals surface area contributed by atoms with Crippen molar-refractivity contribution in [2.24, 2.45) is 0 Å². The Labute approximate surface area is 137 Å². The second-order valence-corrected chi connectivity index (χ2v) is 5.52. The van der Waals surface area contributed by atoms with Gasteiger partial charge in [0.15, 0.2) is 11.5 Å². The van der Waals surface area contributed by atoms with Crippen LogP contribution in [0.25, 0.3) is 0 Å². The number of hydrogen-bond acceptors (Lipinski definition) is 6. The molecule has 0 saturated heterocycles. The Kier molecular flexibility index (Phi) is 4.77. The smallest absolute Gasteiger partial charge is 0.290 e. The largest absolute Gasteiger partial charge is 0.503 e. The molecule has 0 unspecified atom stereocenters. The van der Waals surface area contributed by atoms with Crippen molar-refractivity contribution in [3.8, 4) is 0 Å². The number of hydrogen-bond donors (Lipinski definition) is 1. The number of carbonyl (C=O) groups is 3. The summed E-state index contributed by atoms with van der Waals surface area (Å²) in [6.45, 7) is 2.57. The summed E-state index contributed by atoms with van der Waals surface area (Å²) in [5.41, 5.74) is 0.0140. The monoisotopic (exact) mass is 332 g/mol. The first-order valence-electron chi connectivity index (χ1n) is 7.23. The first-order chi connectivity index (χ1) is 11.2. The molecule has 0 aromatic heterocycles. The van der Waals surface area contributed by atoms with Crippen LogP contribution in [-0.2, 0) is 14.4 Å². The van der Waals surface area contributed by atoms with Crippen molar-refractivity contribution in [3.63, 3.8) is 0 Å². The number of Topliss-reactive ketones (excluding diaryl/α,β-unsaturated/α-hetero) is 2. The van der Waals surface area contributed by atoms with Gasteiger partial charge in [0, 0.05) is 25.1 Å². The summed E-state index contributed by atoms with van der Waals surface area (Å²) in [4.78, 5) is 46.9. The Balaban J connectivity index is 2.52. The van der Waals surface area contributed by atoms with Crippen LogP contribution in [0.3, 0.4) is 0 Å².